The Kier molecular flexibility index (Phi) is 3.79. The van der Waals surface area contributed by atoms with Gasteiger partial charge in [-0.15, -0.1) is 0 Å². The lowest BCUT2D eigenvalue weighted by Crippen LogP contribution is -2.16. The van der Waals surface area contributed by atoms with Crippen molar-refractivity contribution in [2.45, 2.75) is 26.3 Å². The van der Waals surface area contributed by atoms with Crippen LogP contribution in [0.2, 0.25) is 5.02 Å². The van der Waals surface area contributed by atoms with E-state index in [-0.39, 0.29) is 6.04 Å². The molecule has 1 atom stereocenters. The second kappa shape index (κ2) is 4.88. The van der Waals surface area contributed by atoms with Crippen LogP contribution in [0.5, 0.6) is 0 Å². The highest BCUT2D eigenvalue weighted by atomic mass is 35.5. The summed E-state index contributed by atoms with van der Waals surface area (Å²) in [7, 11) is 0. The number of halogens is 1. The second-order valence-electron chi connectivity index (χ2n) is 3.15. The van der Waals surface area contributed by atoms with Crippen molar-refractivity contribution >= 4 is 17.3 Å². The summed E-state index contributed by atoms with van der Waals surface area (Å²) in [6, 6.07) is 7.70. The van der Waals surface area contributed by atoms with E-state index in [4.69, 9.17) is 16.9 Å². The molecule has 0 aliphatic heterocycles. The minimum Gasteiger partial charge on any atom is -0.370 e. The zero-order valence-corrected chi connectivity index (χ0v) is 9.10. The fourth-order valence-corrected chi connectivity index (χ4v) is 1.35. The molecule has 0 amide bonds. The monoisotopic (exact) mass is 208 g/mol. The van der Waals surface area contributed by atoms with Gasteiger partial charge in [0, 0.05) is 10.7 Å². The zero-order chi connectivity index (χ0) is 10.6. The predicted molar refractivity (Wildman–Crippen MR) is 59.5 cm³/mol. The molecule has 1 aromatic carbocycles. The van der Waals surface area contributed by atoms with Gasteiger partial charge in [-0.1, -0.05) is 24.6 Å². The minimum atomic E-state index is -0.146. The Hall–Kier alpha value is -1.20. The third-order valence-electron chi connectivity index (χ3n) is 2.16. The van der Waals surface area contributed by atoms with Crippen LogP contribution in [0.3, 0.4) is 0 Å². The van der Waals surface area contributed by atoms with Gasteiger partial charge in [0.2, 0.25) is 0 Å². The molecule has 0 bridgehead atoms. The van der Waals surface area contributed by atoms with Crippen LogP contribution in [-0.2, 0) is 0 Å². The molecular weight excluding hydrogens is 196 g/mol. The van der Waals surface area contributed by atoms with Crippen molar-refractivity contribution in [3.8, 4) is 6.07 Å². The SMILES string of the molecule is CCC(C#N)Nc1cccc(Cl)c1C. The molecule has 1 rings (SSSR count). The largest absolute Gasteiger partial charge is 0.370 e. The lowest BCUT2D eigenvalue weighted by molar-refractivity contribution is 0.844. The maximum Gasteiger partial charge on any atom is 0.114 e. The number of hydrogen-bond acceptors (Lipinski definition) is 2. The minimum absolute atomic E-state index is 0.146. The summed E-state index contributed by atoms with van der Waals surface area (Å²) >= 11 is 5.96. The first kappa shape index (κ1) is 10.9. The fraction of sp³-hybridized carbons (Fsp3) is 0.364. The van der Waals surface area contributed by atoms with E-state index in [2.05, 4.69) is 11.4 Å². The van der Waals surface area contributed by atoms with Crippen LogP contribution in [0, 0.1) is 18.3 Å². The summed E-state index contributed by atoms with van der Waals surface area (Å²) in [4.78, 5) is 0. The number of nitriles is 1. The van der Waals surface area contributed by atoms with Gasteiger partial charge in [0.25, 0.3) is 0 Å². The standard InChI is InChI=1S/C11H13ClN2/c1-3-9(7-13)14-11-6-4-5-10(12)8(11)2/h4-6,9,14H,3H2,1-2H3. The molecule has 0 fully saturated rings. The number of anilines is 1. The second-order valence-corrected chi connectivity index (χ2v) is 3.55. The van der Waals surface area contributed by atoms with Crippen LogP contribution >= 0.6 is 11.6 Å². The molecule has 0 aromatic heterocycles. The van der Waals surface area contributed by atoms with Crippen molar-refractivity contribution in [2.75, 3.05) is 5.32 Å². The molecular formula is C11H13ClN2. The third-order valence-corrected chi connectivity index (χ3v) is 2.57. The Labute approximate surface area is 89.5 Å². The van der Waals surface area contributed by atoms with E-state index < -0.39 is 0 Å². The summed E-state index contributed by atoms with van der Waals surface area (Å²) in [6.07, 6.45) is 0.780. The van der Waals surface area contributed by atoms with Gasteiger partial charge in [0.1, 0.15) is 6.04 Å². The van der Waals surface area contributed by atoms with Gasteiger partial charge in [-0.3, -0.25) is 0 Å². The van der Waals surface area contributed by atoms with E-state index in [0.29, 0.717) is 0 Å². The summed E-state index contributed by atoms with van der Waals surface area (Å²) < 4.78 is 0. The molecule has 0 saturated heterocycles. The average molecular weight is 209 g/mol. The first-order chi connectivity index (χ1) is 6.69. The number of benzene rings is 1. The van der Waals surface area contributed by atoms with Crippen molar-refractivity contribution in [3.63, 3.8) is 0 Å². The van der Waals surface area contributed by atoms with Gasteiger partial charge >= 0.3 is 0 Å². The molecule has 0 saturated carbocycles. The summed E-state index contributed by atoms with van der Waals surface area (Å²) in [5.41, 5.74) is 1.92. The Morgan fingerprint density at radius 2 is 2.29 bits per heavy atom. The molecule has 0 aliphatic rings. The van der Waals surface area contributed by atoms with E-state index in [1.165, 1.54) is 0 Å². The van der Waals surface area contributed by atoms with E-state index in [1.54, 1.807) is 0 Å². The maximum absolute atomic E-state index is 8.80. The van der Waals surface area contributed by atoms with E-state index in [0.717, 1.165) is 22.7 Å². The fourth-order valence-electron chi connectivity index (χ4n) is 1.18. The molecule has 1 unspecified atom stereocenters. The average Bonchev–Trinajstić information content (AvgIpc) is 2.20. The first-order valence-electron chi connectivity index (χ1n) is 4.60. The van der Waals surface area contributed by atoms with E-state index in [9.17, 15) is 0 Å². The van der Waals surface area contributed by atoms with Crippen molar-refractivity contribution < 1.29 is 0 Å². The van der Waals surface area contributed by atoms with Crippen LogP contribution in [0.4, 0.5) is 5.69 Å². The van der Waals surface area contributed by atoms with Crippen LogP contribution < -0.4 is 5.32 Å². The number of hydrogen-bond donors (Lipinski definition) is 1. The van der Waals surface area contributed by atoms with Crippen LogP contribution in [-0.4, -0.2) is 6.04 Å². The smallest absolute Gasteiger partial charge is 0.114 e. The number of nitrogens with zero attached hydrogens (tertiary/aromatic N) is 1. The quantitative estimate of drug-likeness (QED) is 0.827. The topological polar surface area (TPSA) is 35.8 Å². The van der Waals surface area contributed by atoms with Gasteiger partial charge in [-0.2, -0.15) is 5.26 Å². The van der Waals surface area contributed by atoms with Crippen LogP contribution in [0.15, 0.2) is 18.2 Å². The molecule has 0 aliphatic carbocycles. The third kappa shape index (κ3) is 2.40. The highest BCUT2D eigenvalue weighted by Gasteiger charge is 2.06. The summed E-state index contributed by atoms with van der Waals surface area (Å²) in [6.45, 7) is 3.91. The molecule has 1 N–H and O–H groups in total. The van der Waals surface area contributed by atoms with Crippen molar-refractivity contribution in [1.29, 1.82) is 5.26 Å². The number of rotatable bonds is 3. The molecule has 1 aromatic rings. The van der Waals surface area contributed by atoms with Crippen LogP contribution in [0.1, 0.15) is 18.9 Å². The Morgan fingerprint density at radius 3 is 2.86 bits per heavy atom. The highest BCUT2D eigenvalue weighted by molar-refractivity contribution is 6.31. The first-order valence-corrected chi connectivity index (χ1v) is 4.98. The molecule has 14 heavy (non-hydrogen) atoms. The van der Waals surface area contributed by atoms with Gasteiger partial charge in [-0.25, -0.2) is 0 Å². The Bertz CT molecular complexity index is 355. The lowest BCUT2D eigenvalue weighted by Gasteiger charge is -2.13. The Morgan fingerprint density at radius 1 is 1.57 bits per heavy atom. The Balaban J connectivity index is 2.87. The lowest BCUT2D eigenvalue weighted by atomic mass is 10.1. The van der Waals surface area contributed by atoms with Crippen molar-refractivity contribution in [3.05, 3.63) is 28.8 Å². The summed E-state index contributed by atoms with van der Waals surface area (Å²) in [5.74, 6) is 0. The highest BCUT2D eigenvalue weighted by Crippen LogP contribution is 2.23. The van der Waals surface area contributed by atoms with E-state index >= 15 is 0 Å². The van der Waals surface area contributed by atoms with E-state index in [1.807, 2.05) is 32.0 Å². The van der Waals surface area contributed by atoms with Gasteiger partial charge in [0.15, 0.2) is 0 Å². The number of nitrogens with one attached hydrogen (secondary N) is 1. The molecule has 0 heterocycles. The molecule has 3 heteroatoms. The molecule has 0 spiro atoms. The van der Waals surface area contributed by atoms with Crippen molar-refractivity contribution in [2.24, 2.45) is 0 Å². The van der Waals surface area contributed by atoms with Gasteiger partial charge in [0.05, 0.1) is 6.07 Å². The van der Waals surface area contributed by atoms with Crippen molar-refractivity contribution in [1.82, 2.24) is 0 Å². The maximum atomic E-state index is 8.80. The molecule has 74 valence electrons. The molecule has 0 radical (unpaired) electrons. The normalized spacial score (nSPS) is 11.9. The summed E-state index contributed by atoms with van der Waals surface area (Å²) in [5, 5.41) is 12.7. The molecule has 2 nitrogen and oxygen atoms in total. The van der Waals surface area contributed by atoms with Gasteiger partial charge < -0.3 is 5.32 Å². The van der Waals surface area contributed by atoms with Gasteiger partial charge in [-0.05, 0) is 31.0 Å². The predicted octanol–water partition coefficient (Wildman–Crippen LogP) is 3.36. The zero-order valence-electron chi connectivity index (χ0n) is 8.34. The van der Waals surface area contributed by atoms with Crippen LogP contribution in [0.25, 0.3) is 0 Å².